The molecule has 3 heterocycles. The van der Waals surface area contributed by atoms with Crippen LogP contribution in [0.15, 0.2) is 67.1 Å². The van der Waals surface area contributed by atoms with Gasteiger partial charge in [0.15, 0.2) is 5.82 Å². The zero-order chi connectivity index (χ0) is 24.9. The molecule has 5 rings (SSSR count). The summed E-state index contributed by atoms with van der Waals surface area (Å²) in [6.07, 6.45) is 3.39. The van der Waals surface area contributed by atoms with Crippen LogP contribution in [0.3, 0.4) is 0 Å². The number of hydrogen-bond acceptors (Lipinski definition) is 7. The molecule has 5 aromatic rings. The van der Waals surface area contributed by atoms with Gasteiger partial charge in [-0.2, -0.15) is 4.37 Å². The number of halogens is 1. The van der Waals surface area contributed by atoms with Crippen molar-refractivity contribution in [2.45, 2.75) is 27.3 Å². The minimum absolute atomic E-state index is 0.0296. The predicted molar refractivity (Wildman–Crippen MR) is 144 cm³/mol. The fourth-order valence-corrected chi connectivity index (χ4v) is 4.55. The van der Waals surface area contributed by atoms with Gasteiger partial charge in [-0.15, -0.1) is 6.58 Å². The summed E-state index contributed by atoms with van der Waals surface area (Å²) in [6.45, 7) is 9.96. The second-order valence-electron chi connectivity index (χ2n) is 8.17. The van der Waals surface area contributed by atoms with Crippen molar-refractivity contribution in [1.82, 2.24) is 18.9 Å². The van der Waals surface area contributed by atoms with Crippen LogP contribution in [0.1, 0.15) is 19.5 Å². The Bertz CT molecular complexity index is 1490. The number of aliphatic hydroxyl groups is 1. The number of ether oxygens (including phenoxy) is 1. The first-order valence-electron chi connectivity index (χ1n) is 11.0. The molecule has 0 aliphatic carbocycles. The maximum absolute atomic E-state index is 9.32. The van der Waals surface area contributed by atoms with Crippen molar-refractivity contribution in [1.29, 1.82) is 0 Å². The number of hydrogen-bond donors (Lipinski definition) is 2. The highest BCUT2D eigenvalue weighted by atomic mass is 35.5. The van der Waals surface area contributed by atoms with Crippen molar-refractivity contribution >= 4 is 55.8 Å². The Morgan fingerprint density at radius 2 is 1.97 bits per heavy atom. The Morgan fingerprint density at radius 1 is 1.17 bits per heavy atom. The average Bonchev–Trinajstić information content (AvgIpc) is 3.40. The van der Waals surface area contributed by atoms with Crippen LogP contribution in [-0.2, 0) is 6.54 Å². The van der Waals surface area contributed by atoms with Gasteiger partial charge in [0, 0.05) is 18.4 Å². The Balaban J connectivity index is 0.000000672. The van der Waals surface area contributed by atoms with E-state index in [0.29, 0.717) is 23.1 Å². The van der Waals surface area contributed by atoms with Crippen molar-refractivity contribution < 1.29 is 9.84 Å². The number of anilines is 2. The smallest absolute Gasteiger partial charge is 0.158 e. The normalized spacial score (nSPS) is 10.8. The van der Waals surface area contributed by atoms with E-state index in [1.165, 1.54) is 23.4 Å². The lowest BCUT2D eigenvalue weighted by Crippen LogP contribution is -2.04. The number of nitrogens with zero attached hydrogens (tertiary/aromatic N) is 4. The minimum atomic E-state index is 0.0296. The Kier molecular flexibility index (Phi) is 7.65. The highest BCUT2D eigenvalue weighted by Crippen LogP contribution is 2.38. The Morgan fingerprint density at radius 3 is 2.71 bits per heavy atom. The molecule has 3 aromatic heterocycles. The maximum atomic E-state index is 9.32. The van der Waals surface area contributed by atoms with Crippen LogP contribution < -0.4 is 10.1 Å². The zero-order valence-electron chi connectivity index (χ0n) is 19.7. The van der Waals surface area contributed by atoms with Crippen molar-refractivity contribution in [3.05, 3.63) is 77.9 Å². The molecular formula is C26H26ClN5O2S. The highest BCUT2D eigenvalue weighted by Gasteiger charge is 2.13. The van der Waals surface area contributed by atoms with E-state index >= 15 is 0 Å². The maximum Gasteiger partial charge on any atom is 0.158 e. The number of rotatable bonds is 6. The largest absolute Gasteiger partial charge is 0.455 e. The van der Waals surface area contributed by atoms with Gasteiger partial charge in [-0.05, 0) is 68.7 Å². The lowest BCUT2D eigenvalue weighted by atomic mass is 10.2. The first-order chi connectivity index (χ1) is 16.9. The summed E-state index contributed by atoms with van der Waals surface area (Å²) in [6, 6.07) is 13.3. The molecular weight excluding hydrogens is 482 g/mol. The molecule has 180 valence electrons. The van der Waals surface area contributed by atoms with Gasteiger partial charge < -0.3 is 19.7 Å². The number of benzene rings is 2. The van der Waals surface area contributed by atoms with Crippen LogP contribution in [0, 0.1) is 6.92 Å². The third-order valence-electron chi connectivity index (χ3n) is 4.94. The fourth-order valence-electron chi connectivity index (χ4n) is 3.53. The van der Waals surface area contributed by atoms with E-state index in [2.05, 4.69) is 26.2 Å². The van der Waals surface area contributed by atoms with Gasteiger partial charge in [-0.1, -0.05) is 23.2 Å². The lowest BCUT2D eigenvalue weighted by molar-refractivity contribution is 0.278. The standard InChI is InChI=1S/C22H18ClN5O2S.C4H8/c1-13-20-18(3-2-4-19(20)31-27-13)30-17-6-5-14(11-15(17)23)26-22-21-16(24-12-25-22)7-8-28(21)9-10-29;1-4(2)3/h2-8,11-12,29H,9-10H2,1H3,(H,24,25,26);1H2,2-3H3. The zero-order valence-corrected chi connectivity index (χ0v) is 21.3. The second-order valence-corrected chi connectivity index (χ2v) is 9.38. The van der Waals surface area contributed by atoms with Crippen LogP contribution >= 0.6 is 23.1 Å². The summed E-state index contributed by atoms with van der Waals surface area (Å²) < 4.78 is 13.5. The van der Waals surface area contributed by atoms with E-state index in [-0.39, 0.29) is 6.61 Å². The van der Waals surface area contributed by atoms with Crippen LogP contribution in [0.25, 0.3) is 21.1 Å². The number of aryl methyl sites for hydroxylation is 1. The molecule has 0 amide bonds. The molecule has 2 N–H and O–H groups in total. The third-order valence-corrected chi connectivity index (χ3v) is 6.13. The molecule has 7 nitrogen and oxygen atoms in total. The molecule has 0 unspecified atom stereocenters. The molecule has 2 aromatic carbocycles. The number of nitrogens with one attached hydrogen (secondary N) is 1. The molecule has 0 radical (unpaired) electrons. The molecule has 0 saturated carbocycles. The molecule has 9 heteroatoms. The third kappa shape index (κ3) is 5.62. The van der Waals surface area contributed by atoms with Crippen molar-refractivity contribution in [3.8, 4) is 11.5 Å². The van der Waals surface area contributed by atoms with Crippen molar-refractivity contribution in [3.63, 3.8) is 0 Å². The summed E-state index contributed by atoms with van der Waals surface area (Å²) >= 11 is 7.99. The van der Waals surface area contributed by atoms with Gasteiger partial charge in [-0.25, -0.2) is 9.97 Å². The Hall–Kier alpha value is -3.46. The minimum Gasteiger partial charge on any atom is -0.455 e. The van der Waals surface area contributed by atoms with Crippen LogP contribution in [0.2, 0.25) is 5.02 Å². The lowest BCUT2D eigenvalue weighted by Gasteiger charge is -2.13. The summed E-state index contributed by atoms with van der Waals surface area (Å²) in [5.41, 5.74) is 4.48. The predicted octanol–water partition coefficient (Wildman–Crippen LogP) is 7.11. The summed E-state index contributed by atoms with van der Waals surface area (Å²) in [7, 11) is 0. The van der Waals surface area contributed by atoms with Gasteiger partial charge in [0.25, 0.3) is 0 Å². The van der Waals surface area contributed by atoms with Gasteiger partial charge in [0.1, 0.15) is 23.3 Å². The molecule has 0 aliphatic heterocycles. The van der Waals surface area contributed by atoms with E-state index in [4.69, 9.17) is 16.3 Å². The first-order valence-corrected chi connectivity index (χ1v) is 12.1. The summed E-state index contributed by atoms with van der Waals surface area (Å²) in [4.78, 5) is 8.66. The summed E-state index contributed by atoms with van der Waals surface area (Å²) in [5, 5.41) is 14.1. The SMILES string of the molecule is C=C(C)C.Cc1nsc2cccc(Oc3ccc(Nc4ncnc5ccn(CCO)c45)cc3Cl)c12. The van der Waals surface area contributed by atoms with E-state index in [1.54, 1.807) is 6.07 Å². The van der Waals surface area contributed by atoms with Crippen LogP contribution in [0.4, 0.5) is 11.5 Å². The molecule has 0 bridgehead atoms. The molecule has 0 saturated heterocycles. The highest BCUT2D eigenvalue weighted by molar-refractivity contribution is 7.13. The van der Waals surface area contributed by atoms with Crippen molar-refractivity contribution in [2.24, 2.45) is 0 Å². The van der Waals surface area contributed by atoms with E-state index in [1.807, 2.05) is 67.9 Å². The molecule has 0 fully saturated rings. The van der Waals surface area contributed by atoms with Gasteiger partial charge in [0.2, 0.25) is 0 Å². The number of allylic oxidation sites excluding steroid dienone is 1. The summed E-state index contributed by atoms with van der Waals surface area (Å²) in [5.74, 6) is 1.92. The Labute approximate surface area is 212 Å². The topological polar surface area (TPSA) is 85.1 Å². The van der Waals surface area contributed by atoms with E-state index < -0.39 is 0 Å². The van der Waals surface area contributed by atoms with Gasteiger partial charge in [0.05, 0.1) is 32.9 Å². The van der Waals surface area contributed by atoms with E-state index in [9.17, 15) is 5.11 Å². The first kappa shape index (κ1) is 24.7. The van der Waals surface area contributed by atoms with Gasteiger partial charge in [-0.3, -0.25) is 0 Å². The van der Waals surface area contributed by atoms with E-state index in [0.717, 1.165) is 38.3 Å². The van der Waals surface area contributed by atoms with Crippen LogP contribution in [0.5, 0.6) is 11.5 Å². The number of fused-ring (bicyclic) bond motifs is 2. The van der Waals surface area contributed by atoms with Gasteiger partial charge >= 0.3 is 0 Å². The van der Waals surface area contributed by atoms with Crippen LogP contribution in [-0.4, -0.2) is 30.6 Å². The number of aromatic nitrogens is 4. The second kappa shape index (κ2) is 10.9. The van der Waals surface area contributed by atoms with Crippen molar-refractivity contribution in [2.75, 3.05) is 11.9 Å². The molecule has 0 atom stereocenters. The molecule has 35 heavy (non-hydrogen) atoms. The quantitative estimate of drug-likeness (QED) is 0.238. The molecule has 0 spiro atoms. The monoisotopic (exact) mass is 507 g/mol. The number of aliphatic hydroxyl groups excluding tert-OH is 1. The average molecular weight is 508 g/mol. The fraction of sp³-hybridized carbons (Fsp3) is 0.192. The molecule has 0 aliphatic rings.